The summed E-state index contributed by atoms with van der Waals surface area (Å²) in [6.45, 7) is 2.27. The molecule has 0 aromatic rings. The van der Waals surface area contributed by atoms with Gasteiger partial charge in [0.1, 0.15) is 0 Å². The van der Waals surface area contributed by atoms with Crippen molar-refractivity contribution in [3.8, 4) is 0 Å². The zero-order chi connectivity index (χ0) is 14.0. The zero-order valence-electron chi connectivity index (χ0n) is 13.1. The van der Waals surface area contributed by atoms with Gasteiger partial charge in [0.15, 0.2) is 0 Å². The van der Waals surface area contributed by atoms with Gasteiger partial charge in [-0.15, -0.1) is 0 Å². The summed E-state index contributed by atoms with van der Waals surface area (Å²) in [5.41, 5.74) is -0.388. The van der Waals surface area contributed by atoms with Gasteiger partial charge >= 0.3 is 0 Å². The van der Waals surface area contributed by atoms with Crippen LogP contribution in [-0.2, 0) is 4.74 Å². The quantitative estimate of drug-likeness (QED) is 0.514. The highest BCUT2D eigenvalue weighted by atomic mass is 16.5. The lowest BCUT2D eigenvalue weighted by Gasteiger charge is -2.42. The van der Waals surface area contributed by atoms with E-state index in [9.17, 15) is 5.11 Å². The minimum absolute atomic E-state index is 0.313. The Morgan fingerprint density at radius 2 is 1.37 bits per heavy atom. The van der Waals surface area contributed by atoms with E-state index in [2.05, 4.69) is 6.92 Å². The van der Waals surface area contributed by atoms with Crippen LogP contribution in [0.1, 0.15) is 90.4 Å². The van der Waals surface area contributed by atoms with Crippen LogP contribution in [0, 0.1) is 0 Å². The zero-order valence-corrected chi connectivity index (χ0v) is 13.1. The van der Waals surface area contributed by atoms with Crippen LogP contribution in [0.5, 0.6) is 0 Å². The highest BCUT2D eigenvalue weighted by molar-refractivity contribution is 4.94. The Bertz CT molecular complexity index is 209. The van der Waals surface area contributed by atoms with Gasteiger partial charge in [0.25, 0.3) is 0 Å². The predicted octanol–water partition coefficient (Wildman–Crippen LogP) is 4.84. The second kappa shape index (κ2) is 9.77. The van der Waals surface area contributed by atoms with Crippen molar-refractivity contribution in [2.45, 2.75) is 102 Å². The van der Waals surface area contributed by atoms with Gasteiger partial charge in [-0.3, -0.25) is 0 Å². The first kappa shape index (κ1) is 17.0. The fraction of sp³-hybridized carbons (Fsp3) is 1.00. The molecule has 0 atom stereocenters. The Kier molecular flexibility index (Phi) is 8.72. The average molecular weight is 270 g/mol. The van der Waals surface area contributed by atoms with E-state index in [0.717, 1.165) is 19.3 Å². The Morgan fingerprint density at radius 3 is 1.84 bits per heavy atom. The number of hydrogen-bond donors (Lipinski definition) is 1. The second-order valence-corrected chi connectivity index (χ2v) is 6.42. The van der Waals surface area contributed by atoms with Crippen LogP contribution in [0.3, 0.4) is 0 Å². The van der Waals surface area contributed by atoms with E-state index >= 15 is 0 Å². The maximum Gasteiger partial charge on any atom is 0.0697 e. The SMILES string of the molecule is CCCCCCCCCCCCC1(O)CC(OC)C1. The van der Waals surface area contributed by atoms with E-state index in [4.69, 9.17) is 4.74 Å². The highest BCUT2D eigenvalue weighted by Crippen LogP contribution is 2.38. The van der Waals surface area contributed by atoms with Crippen molar-refractivity contribution in [2.75, 3.05) is 7.11 Å². The molecule has 0 radical (unpaired) electrons. The Hall–Kier alpha value is -0.0800. The van der Waals surface area contributed by atoms with E-state index < -0.39 is 0 Å². The molecule has 1 aliphatic carbocycles. The number of methoxy groups -OCH3 is 1. The first-order valence-corrected chi connectivity index (χ1v) is 8.45. The van der Waals surface area contributed by atoms with E-state index in [1.54, 1.807) is 7.11 Å². The molecule has 19 heavy (non-hydrogen) atoms. The smallest absolute Gasteiger partial charge is 0.0697 e. The lowest BCUT2D eigenvalue weighted by atomic mass is 9.74. The van der Waals surface area contributed by atoms with Gasteiger partial charge in [0, 0.05) is 20.0 Å². The van der Waals surface area contributed by atoms with Gasteiger partial charge < -0.3 is 9.84 Å². The molecule has 0 aromatic carbocycles. The Balaban J connectivity index is 1.79. The van der Waals surface area contributed by atoms with Gasteiger partial charge in [0.05, 0.1) is 11.7 Å². The van der Waals surface area contributed by atoms with Crippen LogP contribution in [0.15, 0.2) is 0 Å². The Labute approximate surface area is 119 Å². The van der Waals surface area contributed by atoms with Crippen molar-refractivity contribution in [3.05, 3.63) is 0 Å². The fourth-order valence-corrected chi connectivity index (χ4v) is 3.10. The standard InChI is InChI=1S/C17H34O2/c1-3-4-5-6-7-8-9-10-11-12-13-17(18)14-16(15-17)19-2/h16,18H,3-15H2,1-2H3. The molecule has 2 heteroatoms. The van der Waals surface area contributed by atoms with E-state index in [1.165, 1.54) is 64.2 Å². The van der Waals surface area contributed by atoms with Crippen molar-refractivity contribution in [2.24, 2.45) is 0 Å². The third kappa shape index (κ3) is 7.31. The lowest BCUT2D eigenvalue weighted by Crippen LogP contribution is -2.47. The van der Waals surface area contributed by atoms with Gasteiger partial charge in [0.2, 0.25) is 0 Å². The molecular weight excluding hydrogens is 236 g/mol. The first-order valence-electron chi connectivity index (χ1n) is 8.45. The molecule has 114 valence electrons. The molecule has 1 fully saturated rings. The third-order valence-electron chi connectivity index (χ3n) is 4.54. The van der Waals surface area contributed by atoms with Crippen molar-refractivity contribution < 1.29 is 9.84 Å². The molecule has 0 bridgehead atoms. The molecule has 0 amide bonds. The Morgan fingerprint density at radius 1 is 0.895 bits per heavy atom. The molecule has 1 N–H and O–H groups in total. The maximum absolute atomic E-state index is 10.2. The van der Waals surface area contributed by atoms with E-state index in [-0.39, 0.29) is 5.60 Å². The first-order chi connectivity index (χ1) is 9.20. The molecule has 0 aliphatic heterocycles. The summed E-state index contributed by atoms with van der Waals surface area (Å²) in [7, 11) is 1.74. The van der Waals surface area contributed by atoms with Gasteiger partial charge in [-0.25, -0.2) is 0 Å². The molecule has 1 aliphatic rings. The largest absolute Gasteiger partial charge is 0.390 e. The summed E-state index contributed by atoms with van der Waals surface area (Å²) >= 11 is 0. The van der Waals surface area contributed by atoms with Crippen LogP contribution in [0.2, 0.25) is 0 Å². The molecule has 0 saturated heterocycles. The summed E-state index contributed by atoms with van der Waals surface area (Å²) in [5, 5.41) is 10.2. The van der Waals surface area contributed by atoms with Crippen LogP contribution in [0.4, 0.5) is 0 Å². The normalized spacial score (nSPS) is 26.4. The van der Waals surface area contributed by atoms with E-state index in [1.807, 2.05) is 0 Å². The number of ether oxygens (including phenoxy) is 1. The number of hydrogen-bond acceptors (Lipinski definition) is 2. The third-order valence-corrected chi connectivity index (χ3v) is 4.54. The molecule has 0 unspecified atom stereocenters. The molecule has 0 aromatic heterocycles. The molecule has 1 rings (SSSR count). The highest BCUT2D eigenvalue weighted by Gasteiger charge is 2.41. The van der Waals surface area contributed by atoms with Crippen molar-refractivity contribution in [3.63, 3.8) is 0 Å². The number of unbranched alkanes of at least 4 members (excludes halogenated alkanes) is 9. The van der Waals surface area contributed by atoms with Crippen LogP contribution in [0.25, 0.3) is 0 Å². The van der Waals surface area contributed by atoms with Crippen LogP contribution < -0.4 is 0 Å². The van der Waals surface area contributed by atoms with Crippen molar-refractivity contribution in [1.29, 1.82) is 0 Å². The average Bonchev–Trinajstić information content (AvgIpc) is 2.37. The monoisotopic (exact) mass is 270 g/mol. The summed E-state index contributed by atoms with van der Waals surface area (Å²) in [6, 6.07) is 0. The van der Waals surface area contributed by atoms with Gasteiger partial charge in [-0.05, 0) is 6.42 Å². The summed E-state index contributed by atoms with van der Waals surface area (Å²) in [6.07, 6.45) is 16.6. The van der Waals surface area contributed by atoms with Gasteiger partial charge in [-0.2, -0.15) is 0 Å². The fourth-order valence-electron chi connectivity index (χ4n) is 3.10. The van der Waals surface area contributed by atoms with Crippen LogP contribution in [-0.4, -0.2) is 23.9 Å². The van der Waals surface area contributed by atoms with Crippen molar-refractivity contribution in [1.82, 2.24) is 0 Å². The second-order valence-electron chi connectivity index (χ2n) is 6.42. The maximum atomic E-state index is 10.2. The molecule has 0 spiro atoms. The molecule has 0 heterocycles. The van der Waals surface area contributed by atoms with E-state index in [0.29, 0.717) is 6.10 Å². The lowest BCUT2D eigenvalue weighted by molar-refractivity contribution is -0.131. The predicted molar refractivity (Wildman–Crippen MR) is 81.4 cm³/mol. The number of rotatable bonds is 12. The summed E-state index contributed by atoms with van der Waals surface area (Å²) in [5.74, 6) is 0. The molecule has 2 nitrogen and oxygen atoms in total. The summed E-state index contributed by atoms with van der Waals surface area (Å²) < 4.78 is 5.22. The molecule has 1 saturated carbocycles. The topological polar surface area (TPSA) is 29.5 Å². The number of aliphatic hydroxyl groups is 1. The van der Waals surface area contributed by atoms with Crippen LogP contribution >= 0.6 is 0 Å². The molecular formula is C17H34O2. The minimum atomic E-state index is -0.388. The summed E-state index contributed by atoms with van der Waals surface area (Å²) in [4.78, 5) is 0. The van der Waals surface area contributed by atoms with Gasteiger partial charge in [-0.1, -0.05) is 71.1 Å². The minimum Gasteiger partial charge on any atom is -0.390 e. The van der Waals surface area contributed by atoms with Crippen molar-refractivity contribution >= 4 is 0 Å².